The van der Waals surface area contributed by atoms with Gasteiger partial charge in [0.2, 0.25) is 5.91 Å². The van der Waals surface area contributed by atoms with E-state index in [-0.39, 0.29) is 29.8 Å². The molecule has 2 fully saturated rings. The smallest absolute Gasteiger partial charge is 0.370 e. The maximum absolute atomic E-state index is 14.1. The van der Waals surface area contributed by atoms with Crippen molar-refractivity contribution in [2.75, 3.05) is 23.4 Å². The normalized spacial score (nSPS) is 17.5. The Kier molecular flexibility index (Phi) is 5.97. The number of carbonyl (C=O) groups excluding carboxylic acids is 1. The molecule has 2 aromatic rings. The van der Waals surface area contributed by atoms with Crippen molar-refractivity contribution in [3.05, 3.63) is 47.4 Å². The van der Waals surface area contributed by atoms with E-state index in [0.29, 0.717) is 37.4 Å². The third kappa shape index (κ3) is 5.05. The molecule has 1 aliphatic heterocycles. The lowest BCUT2D eigenvalue weighted by Crippen LogP contribution is -2.36. The predicted molar refractivity (Wildman–Crippen MR) is 107 cm³/mol. The lowest BCUT2D eigenvalue weighted by Gasteiger charge is -2.35. The van der Waals surface area contributed by atoms with Crippen LogP contribution in [-0.4, -0.2) is 29.2 Å². The van der Waals surface area contributed by atoms with Gasteiger partial charge in [-0.3, -0.25) is 15.6 Å². The lowest BCUT2D eigenvalue weighted by atomic mass is 9.89. The van der Waals surface area contributed by atoms with E-state index in [2.05, 4.69) is 21.0 Å². The molecule has 31 heavy (non-hydrogen) atoms. The van der Waals surface area contributed by atoms with Gasteiger partial charge in [-0.15, -0.1) is 5.10 Å². The van der Waals surface area contributed by atoms with Crippen LogP contribution in [0.15, 0.2) is 30.5 Å². The number of rotatable bonds is 6. The Morgan fingerprint density at radius 2 is 1.84 bits per heavy atom. The van der Waals surface area contributed by atoms with Crippen LogP contribution in [-0.2, 0) is 11.0 Å². The number of hydrogen-bond donors (Lipinski definition) is 2. The molecule has 1 aromatic carbocycles. The molecule has 1 saturated carbocycles. The zero-order chi connectivity index (χ0) is 22.0. The van der Waals surface area contributed by atoms with E-state index in [0.717, 1.165) is 19.0 Å². The highest BCUT2D eigenvalue weighted by atomic mass is 19.4. The Balaban J connectivity index is 1.50. The van der Waals surface area contributed by atoms with Crippen LogP contribution in [0.1, 0.15) is 49.1 Å². The number of halogens is 4. The van der Waals surface area contributed by atoms with Gasteiger partial charge in [0.25, 0.3) is 0 Å². The molecule has 2 N–H and O–H groups in total. The Labute approximate surface area is 177 Å². The average molecular weight is 437 g/mol. The van der Waals surface area contributed by atoms with Gasteiger partial charge in [-0.1, -0.05) is 18.2 Å². The highest BCUT2D eigenvalue weighted by Gasteiger charge is 2.40. The zero-order valence-corrected chi connectivity index (χ0v) is 16.8. The Morgan fingerprint density at radius 3 is 2.48 bits per heavy atom. The number of carbonyl (C=O) groups is 1. The van der Waals surface area contributed by atoms with Gasteiger partial charge in [0.1, 0.15) is 11.4 Å². The van der Waals surface area contributed by atoms with Crippen LogP contribution in [0.5, 0.6) is 0 Å². The zero-order valence-electron chi connectivity index (χ0n) is 16.8. The van der Waals surface area contributed by atoms with Crippen molar-refractivity contribution < 1.29 is 22.4 Å². The molecule has 0 atom stereocenters. The highest BCUT2D eigenvalue weighted by molar-refractivity contribution is 5.78. The molecule has 1 aromatic heterocycles. The first-order valence-corrected chi connectivity index (χ1v) is 10.3. The standard InChI is InChI=1S/C21H23F4N5O/c22-16-4-2-1-3-15(16)14-7-9-30(10-8-14)17-12-26-28-20(19(17)21(23,24)25)29-27-18(31)11-13-5-6-13/h1-4,12-14H,5-11H2,(H,27,31)(H,28,29). The van der Waals surface area contributed by atoms with Gasteiger partial charge in [-0.2, -0.15) is 18.3 Å². The molecule has 1 saturated heterocycles. The van der Waals surface area contributed by atoms with Crippen molar-refractivity contribution >= 4 is 17.4 Å². The fourth-order valence-corrected chi connectivity index (χ4v) is 3.99. The summed E-state index contributed by atoms with van der Waals surface area (Å²) in [6.07, 6.45) is -0.396. The van der Waals surface area contributed by atoms with Gasteiger partial charge >= 0.3 is 6.18 Å². The van der Waals surface area contributed by atoms with Crippen molar-refractivity contribution in [3.63, 3.8) is 0 Å². The molecule has 6 nitrogen and oxygen atoms in total. The first kappa shape index (κ1) is 21.3. The molecular weight excluding hydrogens is 414 g/mol. The number of hydrogen-bond acceptors (Lipinski definition) is 5. The van der Waals surface area contributed by atoms with Crippen molar-refractivity contribution in [1.29, 1.82) is 0 Å². The molecule has 2 aliphatic rings. The van der Waals surface area contributed by atoms with Gasteiger partial charge in [0.15, 0.2) is 5.82 Å². The number of benzene rings is 1. The van der Waals surface area contributed by atoms with E-state index < -0.39 is 17.6 Å². The minimum Gasteiger partial charge on any atom is -0.370 e. The molecule has 2 heterocycles. The van der Waals surface area contributed by atoms with Crippen LogP contribution < -0.4 is 15.8 Å². The Morgan fingerprint density at radius 1 is 1.13 bits per heavy atom. The highest BCUT2D eigenvalue weighted by Crippen LogP contribution is 2.42. The van der Waals surface area contributed by atoms with Gasteiger partial charge < -0.3 is 4.90 Å². The third-order valence-electron chi connectivity index (χ3n) is 5.79. The molecule has 0 bridgehead atoms. The van der Waals surface area contributed by atoms with Gasteiger partial charge in [0.05, 0.1) is 11.9 Å². The quantitative estimate of drug-likeness (QED) is 0.522. The number of nitrogens with one attached hydrogen (secondary N) is 2. The summed E-state index contributed by atoms with van der Waals surface area (Å²) in [6.45, 7) is 0.641. The number of hydrazine groups is 1. The second kappa shape index (κ2) is 8.68. The monoisotopic (exact) mass is 437 g/mol. The summed E-state index contributed by atoms with van der Waals surface area (Å²) < 4.78 is 55.8. The summed E-state index contributed by atoms with van der Waals surface area (Å²) in [5, 5.41) is 7.28. The van der Waals surface area contributed by atoms with Crippen LogP contribution in [0, 0.1) is 11.7 Å². The maximum Gasteiger partial charge on any atom is 0.422 e. The Bertz CT molecular complexity index is 940. The van der Waals surface area contributed by atoms with E-state index in [1.165, 1.54) is 6.07 Å². The van der Waals surface area contributed by atoms with Crippen molar-refractivity contribution in [2.45, 2.75) is 44.2 Å². The molecule has 1 aliphatic carbocycles. The summed E-state index contributed by atoms with van der Waals surface area (Å²) >= 11 is 0. The summed E-state index contributed by atoms with van der Waals surface area (Å²) in [7, 11) is 0. The molecule has 0 unspecified atom stereocenters. The number of amides is 1. The SMILES string of the molecule is O=C(CC1CC1)NNc1nncc(N2CCC(c3ccccc3F)CC2)c1C(F)(F)F. The fourth-order valence-electron chi connectivity index (χ4n) is 3.99. The number of alkyl halides is 3. The summed E-state index contributed by atoms with van der Waals surface area (Å²) in [4.78, 5) is 13.5. The summed E-state index contributed by atoms with van der Waals surface area (Å²) in [5.41, 5.74) is 4.11. The topological polar surface area (TPSA) is 70.1 Å². The minimum absolute atomic E-state index is 0.0547. The number of aromatic nitrogens is 2. The van der Waals surface area contributed by atoms with Crippen molar-refractivity contribution in [1.82, 2.24) is 15.6 Å². The molecule has 1 amide bonds. The Hall–Kier alpha value is -2.91. The average Bonchev–Trinajstić information content (AvgIpc) is 3.56. The van der Waals surface area contributed by atoms with Gasteiger partial charge in [0, 0.05) is 19.5 Å². The van der Waals surface area contributed by atoms with E-state index >= 15 is 0 Å². The number of nitrogens with zero attached hydrogens (tertiary/aromatic N) is 3. The first-order chi connectivity index (χ1) is 14.8. The molecule has 0 spiro atoms. The summed E-state index contributed by atoms with van der Waals surface area (Å²) in [5.74, 6) is -0.965. The third-order valence-corrected chi connectivity index (χ3v) is 5.79. The second-order valence-electron chi connectivity index (χ2n) is 8.05. The molecule has 4 rings (SSSR count). The first-order valence-electron chi connectivity index (χ1n) is 10.3. The van der Waals surface area contributed by atoms with Crippen LogP contribution in [0.3, 0.4) is 0 Å². The van der Waals surface area contributed by atoms with Crippen molar-refractivity contribution in [3.8, 4) is 0 Å². The van der Waals surface area contributed by atoms with E-state index in [9.17, 15) is 22.4 Å². The summed E-state index contributed by atoms with van der Waals surface area (Å²) in [6, 6.07) is 6.49. The van der Waals surface area contributed by atoms with Crippen LogP contribution in [0.4, 0.5) is 29.1 Å². The molecule has 10 heteroatoms. The number of piperidine rings is 1. The van der Waals surface area contributed by atoms with Crippen LogP contribution in [0.2, 0.25) is 0 Å². The number of anilines is 2. The largest absolute Gasteiger partial charge is 0.422 e. The van der Waals surface area contributed by atoms with E-state index in [1.807, 2.05) is 0 Å². The van der Waals surface area contributed by atoms with Gasteiger partial charge in [-0.05, 0) is 49.1 Å². The molecule has 0 radical (unpaired) electrons. The minimum atomic E-state index is -4.70. The fraction of sp³-hybridized carbons (Fsp3) is 0.476. The lowest BCUT2D eigenvalue weighted by molar-refractivity contribution is -0.137. The molecule has 166 valence electrons. The van der Waals surface area contributed by atoms with E-state index in [4.69, 9.17) is 0 Å². The molecular formula is C21H23F4N5O. The van der Waals surface area contributed by atoms with E-state index in [1.54, 1.807) is 23.1 Å². The second-order valence-corrected chi connectivity index (χ2v) is 8.05. The predicted octanol–water partition coefficient (Wildman–Crippen LogP) is 4.26. The van der Waals surface area contributed by atoms with Crippen molar-refractivity contribution in [2.24, 2.45) is 5.92 Å². The van der Waals surface area contributed by atoms with Gasteiger partial charge in [-0.25, -0.2) is 4.39 Å². The van der Waals surface area contributed by atoms with Crippen LogP contribution in [0.25, 0.3) is 0 Å². The maximum atomic E-state index is 14.1. The van der Waals surface area contributed by atoms with Crippen LogP contribution >= 0.6 is 0 Å².